The summed E-state index contributed by atoms with van der Waals surface area (Å²) in [4.78, 5) is 36.6. The van der Waals surface area contributed by atoms with Crippen molar-refractivity contribution < 1.29 is 28.7 Å². The molecule has 0 aliphatic rings. The van der Waals surface area contributed by atoms with Crippen molar-refractivity contribution in [2.75, 3.05) is 6.61 Å². The van der Waals surface area contributed by atoms with Gasteiger partial charge in [-0.25, -0.2) is 9.59 Å². The Balaban J connectivity index is 2.66. The van der Waals surface area contributed by atoms with Gasteiger partial charge in [-0.3, -0.25) is 4.79 Å². The number of amides is 2. The second-order valence-electron chi connectivity index (χ2n) is 9.72. The number of benzene rings is 1. The van der Waals surface area contributed by atoms with Crippen LogP contribution in [0, 0.1) is 5.92 Å². The smallest absolute Gasteiger partial charge is 0.408 e. The number of hydrogen-bond donors (Lipinski definition) is 3. The highest BCUT2D eigenvalue weighted by molar-refractivity contribution is 6.74. The summed E-state index contributed by atoms with van der Waals surface area (Å²) in [5.74, 6) is -1.99. The van der Waals surface area contributed by atoms with Gasteiger partial charge in [0.1, 0.15) is 18.7 Å². The van der Waals surface area contributed by atoms with E-state index in [4.69, 9.17) is 9.16 Å². The Hall–Kier alpha value is -2.39. The number of rotatable bonds is 11. The molecule has 2 amide bonds. The molecule has 0 unspecified atom stereocenters. The van der Waals surface area contributed by atoms with Crippen molar-refractivity contribution in [1.29, 1.82) is 0 Å². The van der Waals surface area contributed by atoms with Crippen LogP contribution in [-0.2, 0) is 25.4 Å². The van der Waals surface area contributed by atoms with E-state index in [1.807, 2.05) is 30.3 Å². The van der Waals surface area contributed by atoms with Crippen LogP contribution in [0.2, 0.25) is 18.1 Å². The Bertz CT molecular complexity index is 762. The average molecular weight is 467 g/mol. The fourth-order valence-corrected chi connectivity index (χ4v) is 3.66. The summed E-state index contributed by atoms with van der Waals surface area (Å²) < 4.78 is 11.2. The molecule has 9 heteroatoms. The van der Waals surface area contributed by atoms with Crippen LogP contribution in [0.3, 0.4) is 0 Å². The number of ether oxygens (including phenoxy) is 1. The quantitative estimate of drug-likeness (QED) is 0.426. The van der Waals surface area contributed by atoms with E-state index in [1.165, 1.54) is 0 Å². The molecule has 1 rings (SSSR count). The maximum Gasteiger partial charge on any atom is 0.408 e. The molecule has 0 saturated heterocycles. The predicted molar refractivity (Wildman–Crippen MR) is 126 cm³/mol. The highest BCUT2D eigenvalue weighted by Crippen LogP contribution is 2.36. The van der Waals surface area contributed by atoms with Gasteiger partial charge in [-0.2, -0.15) is 0 Å². The summed E-state index contributed by atoms with van der Waals surface area (Å²) in [7, 11) is -2.02. The first-order valence-electron chi connectivity index (χ1n) is 10.9. The molecule has 0 saturated carbocycles. The summed E-state index contributed by atoms with van der Waals surface area (Å²) in [6.45, 7) is 14.3. The van der Waals surface area contributed by atoms with Gasteiger partial charge in [0.2, 0.25) is 5.91 Å². The summed E-state index contributed by atoms with van der Waals surface area (Å²) in [6, 6.07) is 7.13. The predicted octanol–water partition coefficient (Wildman–Crippen LogP) is 3.92. The van der Waals surface area contributed by atoms with Crippen molar-refractivity contribution in [1.82, 2.24) is 10.6 Å². The third kappa shape index (κ3) is 9.00. The monoisotopic (exact) mass is 466 g/mol. The molecule has 8 nitrogen and oxygen atoms in total. The van der Waals surface area contributed by atoms with E-state index in [1.54, 1.807) is 13.8 Å². The number of carbonyl (C=O) groups is 3. The minimum absolute atomic E-state index is 0.00172. The minimum Gasteiger partial charge on any atom is -0.480 e. The van der Waals surface area contributed by atoms with Crippen LogP contribution in [-0.4, -0.2) is 50.1 Å². The van der Waals surface area contributed by atoms with Gasteiger partial charge < -0.3 is 24.9 Å². The topological polar surface area (TPSA) is 114 Å². The first-order chi connectivity index (χ1) is 14.7. The van der Waals surface area contributed by atoms with E-state index in [0.29, 0.717) is 0 Å². The van der Waals surface area contributed by atoms with Gasteiger partial charge in [-0.15, -0.1) is 0 Å². The van der Waals surface area contributed by atoms with Gasteiger partial charge in [-0.1, -0.05) is 65.0 Å². The Morgan fingerprint density at radius 2 is 1.66 bits per heavy atom. The lowest BCUT2D eigenvalue weighted by molar-refractivity contribution is -0.142. The fraction of sp³-hybridized carbons (Fsp3) is 0.609. The van der Waals surface area contributed by atoms with Gasteiger partial charge in [0.05, 0.1) is 0 Å². The van der Waals surface area contributed by atoms with Crippen molar-refractivity contribution in [2.24, 2.45) is 5.92 Å². The third-order valence-corrected chi connectivity index (χ3v) is 10.3. The Morgan fingerprint density at radius 1 is 1.06 bits per heavy atom. The standard InChI is InChI=1S/C23H38N2O6Si/c1-16(2)19(25-22(29)30-15-17-11-9-8-10-12-17)20(26)24-18(21(27)28)13-14-31-32(6,7)23(3,4)5/h8-12,16,18-19H,13-15H2,1-7H3,(H,24,26)(H,25,29)(H,27,28)/t18-,19+/m0/s1. The van der Waals surface area contributed by atoms with Crippen molar-refractivity contribution >= 4 is 26.3 Å². The molecule has 0 spiro atoms. The molecule has 0 aliphatic heterocycles. The molecule has 0 aromatic heterocycles. The van der Waals surface area contributed by atoms with Gasteiger partial charge in [0.15, 0.2) is 8.32 Å². The van der Waals surface area contributed by atoms with Gasteiger partial charge in [-0.05, 0) is 29.6 Å². The molecule has 1 aromatic carbocycles. The van der Waals surface area contributed by atoms with Gasteiger partial charge in [0, 0.05) is 13.0 Å². The van der Waals surface area contributed by atoms with E-state index >= 15 is 0 Å². The van der Waals surface area contributed by atoms with Crippen molar-refractivity contribution in [3.05, 3.63) is 35.9 Å². The van der Waals surface area contributed by atoms with E-state index in [9.17, 15) is 19.5 Å². The molecule has 0 bridgehead atoms. The van der Waals surface area contributed by atoms with Gasteiger partial charge in [0.25, 0.3) is 0 Å². The second-order valence-corrected chi connectivity index (χ2v) is 14.5. The molecule has 0 fully saturated rings. The van der Waals surface area contributed by atoms with E-state index in [2.05, 4.69) is 44.5 Å². The zero-order valence-corrected chi connectivity index (χ0v) is 21.2. The number of nitrogens with one attached hydrogen (secondary N) is 2. The Morgan fingerprint density at radius 3 is 2.16 bits per heavy atom. The zero-order valence-electron chi connectivity index (χ0n) is 20.2. The van der Waals surface area contributed by atoms with Crippen LogP contribution < -0.4 is 10.6 Å². The molecule has 0 aliphatic carbocycles. The highest BCUT2D eigenvalue weighted by atomic mass is 28.4. The average Bonchev–Trinajstić information content (AvgIpc) is 2.69. The van der Waals surface area contributed by atoms with Crippen LogP contribution in [0.15, 0.2) is 30.3 Å². The number of alkyl carbamates (subject to hydrolysis) is 1. The molecular weight excluding hydrogens is 428 g/mol. The molecule has 0 radical (unpaired) electrons. The van der Waals surface area contributed by atoms with E-state index in [0.717, 1.165) is 5.56 Å². The maximum absolute atomic E-state index is 12.8. The normalized spacial score (nSPS) is 13.9. The third-order valence-electron chi connectivity index (χ3n) is 5.73. The lowest BCUT2D eigenvalue weighted by Crippen LogP contribution is -2.54. The van der Waals surface area contributed by atoms with Crippen LogP contribution in [0.4, 0.5) is 4.79 Å². The largest absolute Gasteiger partial charge is 0.480 e. The first-order valence-corrected chi connectivity index (χ1v) is 13.8. The number of carboxylic acid groups (broad SMARTS) is 1. The van der Waals surface area contributed by atoms with Crippen molar-refractivity contribution in [2.45, 2.75) is 77.9 Å². The number of aliphatic carboxylic acids is 1. The van der Waals surface area contributed by atoms with Crippen LogP contribution in [0.25, 0.3) is 0 Å². The van der Waals surface area contributed by atoms with Crippen LogP contribution in [0.1, 0.15) is 46.6 Å². The number of carboxylic acids is 1. The van der Waals surface area contributed by atoms with Crippen molar-refractivity contribution in [3.63, 3.8) is 0 Å². The fourth-order valence-electron chi connectivity index (χ4n) is 2.59. The van der Waals surface area contributed by atoms with E-state index in [-0.39, 0.29) is 30.6 Å². The molecule has 1 aromatic rings. The SMILES string of the molecule is CC(C)[C@@H](NC(=O)OCc1ccccc1)C(=O)N[C@@H](CCO[Si](C)(C)C(C)(C)C)C(=O)O. The molecule has 32 heavy (non-hydrogen) atoms. The lowest BCUT2D eigenvalue weighted by atomic mass is 10.0. The highest BCUT2D eigenvalue weighted by Gasteiger charge is 2.37. The number of carbonyl (C=O) groups excluding carboxylic acids is 2. The zero-order chi connectivity index (χ0) is 24.5. The van der Waals surface area contributed by atoms with Gasteiger partial charge >= 0.3 is 12.1 Å². The minimum atomic E-state index is -2.02. The number of hydrogen-bond acceptors (Lipinski definition) is 5. The van der Waals surface area contributed by atoms with Crippen LogP contribution in [0.5, 0.6) is 0 Å². The molecule has 3 N–H and O–H groups in total. The second kappa shape index (κ2) is 12.0. The molecule has 2 atom stereocenters. The molecule has 180 valence electrons. The first kappa shape index (κ1) is 27.6. The summed E-state index contributed by atoms with van der Waals surface area (Å²) in [5, 5.41) is 14.6. The van der Waals surface area contributed by atoms with E-state index < -0.39 is 38.4 Å². The Kier molecular flexibility index (Phi) is 10.4. The summed E-state index contributed by atoms with van der Waals surface area (Å²) in [6.07, 6.45) is -0.604. The van der Waals surface area contributed by atoms with Crippen molar-refractivity contribution in [3.8, 4) is 0 Å². The summed E-state index contributed by atoms with van der Waals surface area (Å²) >= 11 is 0. The Labute approximate surface area is 192 Å². The maximum atomic E-state index is 12.8. The lowest BCUT2D eigenvalue weighted by Gasteiger charge is -2.36. The molecular formula is C23H38N2O6Si. The summed E-state index contributed by atoms with van der Waals surface area (Å²) in [5.41, 5.74) is 0.820. The van der Waals surface area contributed by atoms with Crippen LogP contribution >= 0.6 is 0 Å². The molecule has 0 heterocycles.